The summed E-state index contributed by atoms with van der Waals surface area (Å²) in [7, 11) is 1.74. The summed E-state index contributed by atoms with van der Waals surface area (Å²) in [5, 5.41) is 0.355. The summed E-state index contributed by atoms with van der Waals surface area (Å²) < 4.78 is 14.4. The number of benzene rings is 1. The minimum atomic E-state index is -0.378. The lowest BCUT2D eigenvalue weighted by atomic mass is 10.2. The molecule has 1 aromatic heterocycles. The van der Waals surface area contributed by atoms with E-state index in [2.05, 4.69) is 0 Å². The number of carbonyl (C=O) groups is 1. The van der Waals surface area contributed by atoms with Crippen LogP contribution in [0.4, 0.5) is 10.1 Å². The Morgan fingerprint density at radius 1 is 1.47 bits per heavy atom. The first kappa shape index (κ1) is 13.8. The predicted molar refractivity (Wildman–Crippen MR) is 78.0 cm³/mol. The average molecular weight is 280 g/mol. The minimum Gasteiger partial charge on any atom is -0.397 e. The zero-order valence-corrected chi connectivity index (χ0v) is 12.1. The Labute approximate surface area is 115 Å². The number of anilines is 1. The molecule has 102 valence electrons. The smallest absolute Gasteiger partial charge is 0.265 e. The van der Waals surface area contributed by atoms with Crippen LogP contribution in [0.5, 0.6) is 0 Å². The van der Waals surface area contributed by atoms with Gasteiger partial charge in [0, 0.05) is 18.3 Å². The average Bonchev–Trinajstić information content (AvgIpc) is 2.66. The third-order valence-corrected chi connectivity index (χ3v) is 4.04. The number of amides is 1. The fourth-order valence-corrected chi connectivity index (χ4v) is 3.22. The number of nitrogens with zero attached hydrogens (tertiary/aromatic N) is 1. The molecule has 0 aliphatic carbocycles. The summed E-state index contributed by atoms with van der Waals surface area (Å²) in [6.07, 6.45) is 0. The molecule has 2 N–H and O–H groups in total. The molecule has 1 heterocycles. The molecule has 0 aliphatic heterocycles. The highest BCUT2D eigenvalue weighted by molar-refractivity contribution is 7.21. The highest BCUT2D eigenvalue weighted by Gasteiger charge is 2.21. The van der Waals surface area contributed by atoms with Crippen molar-refractivity contribution in [3.63, 3.8) is 0 Å². The summed E-state index contributed by atoms with van der Waals surface area (Å²) in [5.41, 5.74) is 6.18. The molecule has 2 aromatic rings. The van der Waals surface area contributed by atoms with Crippen LogP contribution in [0.25, 0.3) is 10.1 Å². The normalized spacial score (nSPS) is 11.2. The maximum absolute atomic E-state index is 13.7. The summed E-state index contributed by atoms with van der Waals surface area (Å²) >= 11 is 1.25. The second-order valence-electron chi connectivity index (χ2n) is 5.04. The lowest BCUT2D eigenvalue weighted by Crippen LogP contribution is -2.30. The molecule has 0 spiro atoms. The molecule has 0 atom stereocenters. The van der Waals surface area contributed by atoms with E-state index in [0.29, 0.717) is 27.4 Å². The van der Waals surface area contributed by atoms with E-state index < -0.39 is 0 Å². The molecule has 0 radical (unpaired) electrons. The van der Waals surface area contributed by atoms with Crippen LogP contribution < -0.4 is 5.73 Å². The van der Waals surface area contributed by atoms with Gasteiger partial charge in [-0.3, -0.25) is 4.79 Å². The van der Waals surface area contributed by atoms with E-state index in [-0.39, 0.29) is 17.4 Å². The van der Waals surface area contributed by atoms with Gasteiger partial charge in [0.15, 0.2) is 0 Å². The van der Waals surface area contributed by atoms with E-state index in [0.717, 1.165) is 0 Å². The van der Waals surface area contributed by atoms with E-state index in [9.17, 15) is 9.18 Å². The largest absolute Gasteiger partial charge is 0.397 e. The number of hydrogen-bond acceptors (Lipinski definition) is 3. The predicted octanol–water partition coefficient (Wildman–Crippen LogP) is 3.35. The minimum absolute atomic E-state index is 0.146. The molecule has 19 heavy (non-hydrogen) atoms. The third kappa shape index (κ3) is 2.56. The van der Waals surface area contributed by atoms with E-state index in [1.54, 1.807) is 24.1 Å². The van der Waals surface area contributed by atoms with Crippen molar-refractivity contribution in [2.45, 2.75) is 13.8 Å². The molecule has 1 amide bonds. The molecule has 0 bridgehead atoms. The van der Waals surface area contributed by atoms with Gasteiger partial charge in [0.05, 0.1) is 11.1 Å². The summed E-state index contributed by atoms with van der Waals surface area (Å²) in [6, 6.07) is 4.76. The Morgan fingerprint density at radius 3 is 2.74 bits per heavy atom. The first-order valence-corrected chi connectivity index (χ1v) is 6.95. The summed E-state index contributed by atoms with van der Waals surface area (Å²) in [5.74, 6) is -0.148. The number of thiophene rings is 1. The number of rotatable bonds is 3. The SMILES string of the molecule is CC(C)CN(C)C(=O)c1sc2cccc(F)c2c1N. The molecule has 3 nitrogen and oxygen atoms in total. The first-order chi connectivity index (χ1) is 8.91. The zero-order chi connectivity index (χ0) is 14.2. The molecular formula is C14H17FN2OS. The van der Waals surface area contributed by atoms with Gasteiger partial charge >= 0.3 is 0 Å². The van der Waals surface area contributed by atoms with Crippen molar-refractivity contribution in [1.82, 2.24) is 4.90 Å². The van der Waals surface area contributed by atoms with Crippen LogP contribution in [0.1, 0.15) is 23.5 Å². The van der Waals surface area contributed by atoms with Crippen molar-refractivity contribution < 1.29 is 9.18 Å². The van der Waals surface area contributed by atoms with Crippen LogP contribution in [0.15, 0.2) is 18.2 Å². The van der Waals surface area contributed by atoms with Gasteiger partial charge in [0.1, 0.15) is 10.7 Å². The maximum Gasteiger partial charge on any atom is 0.265 e. The number of hydrogen-bond donors (Lipinski definition) is 1. The highest BCUT2D eigenvalue weighted by Crippen LogP contribution is 2.35. The Morgan fingerprint density at radius 2 is 2.16 bits per heavy atom. The number of fused-ring (bicyclic) bond motifs is 1. The Kier molecular flexibility index (Phi) is 3.75. The molecule has 0 saturated carbocycles. The maximum atomic E-state index is 13.7. The summed E-state index contributed by atoms with van der Waals surface area (Å²) in [4.78, 5) is 14.4. The first-order valence-electron chi connectivity index (χ1n) is 6.13. The quantitative estimate of drug-likeness (QED) is 0.937. The van der Waals surface area contributed by atoms with Gasteiger partial charge in [-0.05, 0) is 18.1 Å². The Balaban J connectivity index is 2.43. The molecule has 0 aliphatic rings. The standard InChI is InChI=1S/C14H17FN2OS/c1-8(2)7-17(3)14(18)13-12(16)11-9(15)5-4-6-10(11)19-13/h4-6,8H,7,16H2,1-3H3. The number of nitrogens with two attached hydrogens (primary N) is 1. The van der Waals surface area contributed by atoms with Gasteiger partial charge in [-0.2, -0.15) is 0 Å². The second-order valence-corrected chi connectivity index (χ2v) is 6.09. The fourth-order valence-electron chi connectivity index (χ4n) is 2.09. The van der Waals surface area contributed by atoms with Crippen LogP contribution in [0, 0.1) is 11.7 Å². The highest BCUT2D eigenvalue weighted by atomic mass is 32.1. The molecule has 5 heteroatoms. The van der Waals surface area contributed by atoms with Crippen LogP contribution in [0.2, 0.25) is 0 Å². The van der Waals surface area contributed by atoms with E-state index in [1.165, 1.54) is 17.4 Å². The van der Waals surface area contributed by atoms with Crippen LogP contribution in [-0.2, 0) is 0 Å². The molecule has 2 rings (SSSR count). The van der Waals surface area contributed by atoms with Crippen LogP contribution in [0.3, 0.4) is 0 Å². The van der Waals surface area contributed by atoms with Gasteiger partial charge in [-0.15, -0.1) is 11.3 Å². The van der Waals surface area contributed by atoms with Gasteiger partial charge in [-0.1, -0.05) is 19.9 Å². The Hall–Kier alpha value is -1.62. The molecule has 1 aromatic carbocycles. The fraction of sp³-hybridized carbons (Fsp3) is 0.357. The van der Waals surface area contributed by atoms with Crippen molar-refractivity contribution in [2.24, 2.45) is 5.92 Å². The van der Waals surface area contributed by atoms with Gasteiger partial charge in [0.2, 0.25) is 0 Å². The van der Waals surface area contributed by atoms with E-state index in [4.69, 9.17) is 5.73 Å². The molecule has 0 fully saturated rings. The molecular weight excluding hydrogens is 263 g/mol. The third-order valence-electron chi connectivity index (χ3n) is 2.88. The second kappa shape index (κ2) is 5.17. The molecule has 0 unspecified atom stereocenters. The van der Waals surface area contributed by atoms with Crippen molar-refractivity contribution in [2.75, 3.05) is 19.3 Å². The van der Waals surface area contributed by atoms with Crippen molar-refractivity contribution in [3.8, 4) is 0 Å². The zero-order valence-electron chi connectivity index (χ0n) is 11.2. The lowest BCUT2D eigenvalue weighted by molar-refractivity contribution is 0.0785. The monoisotopic (exact) mass is 280 g/mol. The van der Waals surface area contributed by atoms with E-state index in [1.807, 2.05) is 13.8 Å². The van der Waals surface area contributed by atoms with Gasteiger partial charge < -0.3 is 10.6 Å². The van der Waals surface area contributed by atoms with Crippen molar-refractivity contribution in [3.05, 3.63) is 28.9 Å². The lowest BCUT2D eigenvalue weighted by Gasteiger charge is -2.18. The van der Waals surface area contributed by atoms with Crippen LogP contribution in [-0.4, -0.2) is 24.4 Å². The van der Waals surface area contributed by atoms with Gasteiger partial charge in [-0.25, -0.2) is 4.39 Å². The number of halogens is 1. The van der Waals surface area contributed by atoms with E-state index >= 15 is 0 Å². The number of carbonyl (C=O) groups excluding carboxylic acids is 1. The van der Waals surface area contributed by atoms with Crippen molar-refractivity contribution in [1.29, 1.82) is 0 Å². The number of nitrogen functional groups attached to an aromatic ring is 1. The molecule has 0 saturated heterocycles. The topological polar surface area (TPSA) is 46.3 Å². The Bertz CT molecular complexity index is 621. The van der Waals surface area contributed by atoms with Crippen LogP contribution >= 0.6 is 11.3 Å². The van der Waals surface area contributed by atoms with Gasteiger partial charge in [0.25, 0.3) is 5.91 Å². The van der Waals surface area contributed by atoms with Crippen molar-refractivity contribution >= 4 is 33.0 Å². The summed E-state index contributed by atoms with van der Waals surface area (Å²) in [6.45, 7) is 4.73.